The summed E-state index contributed by atoms with van der Waals surface area (Å²) in [5.41, 5.74) is 5.05. The van der Waals surface area contributed by atoms with Crippen LogP contribution in [0.4, 0.5) is 5.69 Å². The van der Waals surface area contributed by atoms with E-state index in [9.17, 15) is 9.90 Å². The number of anilines is 1. The number of aryl methyl sites for hydroxylation is 1. The Morgan fingerprint density at radius 3 is 2.78 bits per heavy atom. The highest BCUT2D eigenvalue weighted by atomic mass is 35.5. The van der Waals surface area contributed by atoms with Crippen molar-refractivity contribution >= 4 is 35.0 Å². The van der Waals surface area contributed by atoms with Gasteiger partial charge in [-0.15, -0.1) is 0 Å². The molecule has 3 aliphatic carbocycles. The minimum atomic E-state index is -0.919. The van der Waals surface area contributed by atoms with Crippen LogP contribution < -0.4 is 9.64 Å². The zero-order valence-electron chi connectivity index (χ0n) is 26.4. The van der Waals surface area contributed by atoms with E-state index in [1.165, 1.54) is 16.7 Å². The number of methoxy groups -OCH3 is 1. The Hall–Kier alpha value is -3.07. The van der Waals surface area contributed by atoms with E-state index in [0.29, 0.717) is 24.4 Å². The number of aromatic carboxylic acids is 1. The van der Waals surface area contributed by atoms with Crippen molar-refractivity contribution < 1.29 is 19.4 Å². The van der Waals surface area contributed by atoms with Gasteiger partial charge in [-0.25, -0.2) is 14.8 Å². The highest BCUT2D eigenvalue weighted by molar-refractivity contribution is 7.99. The molecule has 1 aliphatic heterocycles. The number of hydrogen-bond donors (Lipinski definition) is 1. The molecule has 1 N–H and O–H groups in total. The van der Waals surface area contributed by atoms with E-state index >= 15 is 0 Å². The van der Waals surface area contributed by atoms with Crippen LogP contribution >= 0.6 is 23.4 Å². The van der Waals surface area contributed by atoms with Gasteiger partial charge in [0.15, 0.2) is 5.16 Å². The van der Waals surface area contributed by atoms with Crippen LogP contribution in [0.5, 0.6) is 5.75 Å². The Labute approximate surface area is 280 Å². The molecule has 1 saturated carbocycles. The molecule has 9 heteroatoms. The number of hydrogen-bond acceptors (Lipinski definition) is 7. The van der Waals surface area contributed by atoms with E-state index in [1.807, 2.05) is 31.4 Å². The minimum absolute atomic E-state index is 0.115. The Kier molecular flexibility index (Phi) is 9.30. The quantitative estimate of drug-likeness (QED) is 0.141. The lowest BCUT2D eigenvalue weighted by Gasteiger charge is -2.47. The summed E-state index contributed by atoms with van der Waals surface area (Å²) in [6.45, 7) is 2.19. The van der Waals surface area contributed by atoms with Gasteiger partial charge in [0.2, 0.25) is 0 Å². The van der Waals surface area contributed by atoms with Gasteiger partial charge in [0.05, 0.1) is 24.0 Å². The Bertz CT molecular complexity index is 1600. The maximum Gasteiger partial charge on any atom is 0.335 e. The summed E-state index contributed by atoms with van der Waals surface area (Å²) in [5, 5.41) is 11.5. The number of carbonyl (C=O) groups is 1. The number of ether oxygens (including phenoxy) is 2. The number of carboxylic acid groups (broad SMARTS) is 1. The molecule has 2 heterocycles. The van der Waals surface area contributed by atoms with Crippen LogP contribution in [-0.2, 0) is 16.6 Å². The SMILES string of the molecule is COC(C1=CC[C@@H](CSc2ncccn2)CC1)[C@@H]1CC[C@H]1CN1CC2(CCCc3cc(Cl)ccc32)COc2ccc(C(=O)O)cc21. The summed E-state index contributed by atoms with van der Waals surface area (Å²) in [4.78, 5) is 23.2. The molecule has 4 aliphatic rings. The van der Waals surface area contributed by atoms with Gasteiger partial charge in [0.1, 0.15) is 5.75 Å². The maximum atomic E-state index is 12.0. The van der Waals surface area contributed by atoms with Crippen LogP contribution in [0.2, 0.25) is 5.02 Å². The predicted octanol–water partition coefficient (Wildman–Crippen LogP) is 7.86. The van der Waals surface area contributed by atoms with Gasteiger partial charge in [-0.05, 0) is 122 Å². The summed E-state index contributed by atoms with van der Waals surface area (Å²) >= 11 is 8.18. The fraction of sp³-hybridized carbons (Fsp3) is 0.486. The van der Waals surface area contributed by atoms with Crippen LogP contribution in [0.3, 0.4) is 0 Å². The van der Waals surface area contributed by atoms with Crippen LogP contribution in [0.25, 0.3) is 0 Å². The van der Waals surface area contributed by atoms with Gasteiger partial charge in [0, 0.05) is 48.8 Å². The van der Waals surface area contributed by atoms with E-state index in [4.69, 9.17) is 21.1 Å². The first kappa shape index (κ1) is 31.5. The van der Waals surface area contributed by atoms with Crippen molar-refractivity contribution in [3.63, 3.8) is 0 Å². The molecule has 1 spiro atoms. The van der Waals surface area contributed by atoms with E-state index in [0.717, 1.165) is 91.8 Å². The number of thioether (sulfide) groups is 1. The average molecular weight is 660 g/mol. The molecule has 46 heavy (non-hydrogen) atoms. The lowest BCUT2D eigenvalue weighted by Crippen LogP contribution is -2.50. The zero-order valence-corrected chi connectivity index (χ0v) is 27.9. The third kappa shape index (κ3) is 6.41. The lowest BCUT2D eigenvalue weighted by molar-refractivity contribution is 0.00323. The molecule has 1 aromatic heterocycles. The van der Waals surface area contributed by atoms with Crippen LogP contribution in [0, 0.1) is 17.8 Å². The van der Waals surface area contributed by atoms with Gasteiger partial charge in [-0.1, -0.05) is 35.5 Å². The number of rotatable bonds is 9. The van der Waals surface area contributed by atoms with Gasteiger partial charge in [-0.3, -0.25) is 0 Å². The average Bonchev–Trinajstić information content (AvgIpc) is 3.22. The second-order valence-corrected chi connectivity index (χ2v) is 14.9. The molecule has 1 fully saturated rings. The number of fused-ring (bicyclic) bond motifs is 3. The fourth-order valence-corrected chi connectivity index (χ4v) is 9.38. The summed E-state index contributed by atoms with van der Waals surface area (Å²) < 4.78 is 12.8. The van der Waals surface area contributed by atoms with Gasteiger partial charge < -0.3 is 19.5 Å². The molecule has 3 aromatic rings. The molecule has 0 amide bonds. The minimum Gasteiger partial charge on any atom is -0.490 e. The monoisotopic (exact) mass is 659 g/mol. The smallest absolute Gasteiger partial charge is 0.335 e. The Balaban J connectivity index is 1.11. The van der Waals surface area contributed by atoms with Gasteiger partial charge in [0.25, 0.3) is 0 Å². The van der Waals surface area contributed by atoms with Crippen molar-refractivity contribution in [2.45, 2.75) is 68.0 Å². The van der Waals surface area contributed by atoms with Crippen molar-refractivity contribution in [2.24, 2.45) is 17.8 Å². The second kappa shape index (κ2) is 13.6. The lowest BCUT2D eigenvalue weighted by atomic mass is 9.66. The zero-order chi connectivity index (χ0) is 31.7. The molecule has 0 saturated heterocycles. The fourth-order valence-electron chi connectivity index (χ4n) is 8.22. The van der Waals surface area contributed by atoms with E-state index in [1.54, 1.807) is 30.2 Å². The molecule has 7 nitrogen and oxygen atoms in total. The van der Waals surface area contributed by atoms with Crippen molar-refractivity contribution in [3.05, 3.63) is 88.2 Å². The molecule has 0 bridgehead atoms. The molecule has 2 aromatic carbocycles. The van der Waals surface area contributed by atoms with E-state index in [2.05, 4.69) is 33.1 Å². The topological polar surface area (TPSA) is 84.8 Å². The van der Waals surface area contributed by atoms with Crippen molar-refractivity contribution in [1.29, 1.82) is 0 Å². The predicted molar refractivity (Wildman–Crippen MR) is 182 cm³/mol. The largest absolute Gasteiger partial charge is 0.490 e. The standard InChI is InChI=1S/C37H42ClN3O4S/c1-44-34(25-7-5-24(6-8-25)21-46-36-39-16-3-17-40-36)30-12-9-28(30)20-41-22-37(15-2-4-26-18-29(38)11-13-31(26)37)23-45-33-14-10-27(35(42)43)19-32(33)41/h3,7,10-11,13-14,16-19,24,28,30,34H,2,4-6,8-9,12,15,20-23H2,1H3,(H,42,43)/t24-,28+,30-,34?,37?/m1/s1. The van der Waals surface area contributed by atoms with Gasteiger partial charge >= 0.3 is 5.97 Å². The number of halogens is 1. The number of nitrogens with zero attached hydrogens (tertiary/aromatic N) is 3. The molecule has 242 valence electrons. The summed E-state index contributed by atoms with van der Waals surface area (Å²) in [7, 11) is 1.86. The van der Waals surface area contributed by atoms with Crippen LogP contribution in [-0.4, -0.2) is 59.7 Å². The molecule has 5 atom stereocenters. The molecular formula is C37H42ClN3O4S. The Morgan fingerprint density at radius 2 is 2.04 bits per heavy atom. The maximum absolute atomic E-state index is 12.0. The highest BCUT2D eigenvalue weighted by Crippen LogP contribution is 2.48. The van der Waals surface area contributed by atoms with Crippen molar-refractivity contribution in [1.82, 2.24) is 9.97 Å². The first-order valence-corrected chi connectivity index (χ1v) is 17.9. The number of benzene rings is 2. The second-order valence-electron chi connectivity index (χ2n) is 13.5. The van der Waals surface area contributed by atoms with E-state index in [-0.39, 0.29) is 17.1 Å². The summed E-state index contributed by atoms with van der Waals surface area (Å²) in [5.74, 6) is 2.37. The number of aromatic nitrogens is 2. The Morgan fingerprint density at radius 1 is 1.17 bits per heavy atom. The first-order valence-electron chi connectivity index (χ1n) is 16.6. The molecule has 0 radical (unpaired) electrons. The third-order valence-corrected chi connectivity index (χ3v) is 12.1. The summed E-state index contributed by atoms with van der Waals surface area (Å²) in [6, 6.07) is 13.5. The van der Waals surface area contributed by atoms with E-state index < -0.39 is 5.97 Å². The first-order chi connectivity index (χ1) is 22.4. The van der Waals surface area contributed by atoms with Crippen molar-refractivity contribution in [3.8, 4) is 5.75 Å². The van der Waals surface area contributed by atoms with Crippen molar-refractivity contribution in [2.75, 3.05) is 37.5 Å². The normalized spacial score (nSPS) is 26.2. The molecular weight excluding hydrogens is 618 g/mol. The number of allylic oxidation sites excluding steroid dienone is 1. The molecule has 7 rings (SSSR count). The third-order valence-electron chi connectivity index (χ3n) is 10.8. The number of carboxylic acids is 1. The highest BCUT2D eigenvalue weighted by Gasteiger charge is 2.45. The van der Waals surface area contributed by atoms with Crippen LogP contribution in [0.1, 0.15) is 66.4 Å². The summed E-state index contributed by atoms with van der Waals surface area (Å²) in [6.07, 6.45) is 14.8. The van der Waals surface area contributed by atoms with Gasteiger partial charge in [-0.2, -0.15) is 0 Å². The molecule has 2 unspecified atom stereocenters. The van der Waals surface area contributed by atoms with Crippen LogP contribution in [0.15, 0.2) is 71.7 Å².